The zero-order valence-electron chi connectivity index (χ0n) is 9.34. The van der Waals surface area contributed by atoms with Gasteiger partial charge in [0.15, 0.2) is 0 Å². The monoisotopic (exact) mass is 374 g/mol. The lowest BCUT2D eigenvalue weighted by atomic mass is 10.2. The Balaban J connectivity index is 2.40. The second-order valence-corrected chi connectivity index (χ2v) is 5.28. The van der Waals surface area contributed by atoms with Crippen molar-refractivity contribution in [2.45, 2.75) is 6.92 Å². The minimum Gasteiger partial charge on any atom is -0.383 e. The van der Waals surface area contributed by atoms with Gasteiger partial charge in [-0.15, -0.1) is 0 Å². The fraction of sp³-hybridized carbons (Fsp3) is 0.0909. The highest BCUT2D eigenvalue weighted by atomic mass is 79.9. The molecule has 0 amide bonds. The second kappa shape index (κ2) is 5.19. The first-order chi connectivity index (χ1) is 8.49. The van der Waals surface area contributed by atoms with Crippen LogP contribution in [0, 0.1) is 12.7 Å². The Labute approximate surface area is 120 Å². The van der Waals surface area contributed by atoms with Gasteiger partial charge in [0.25, 0.3) is 0 Å². The molecule has 0 aliphatic heterocycles. The van der Waals surface area contributed by atoms with E-state index in [0.29, 0.717) is 26.3 Å². The predicted molar refractivity (Wildman–Crippen MR) is 76.3 cm³/mol. The second-order valence-electron chi connectivity index (χ2n) is 3.63. The van der Waals surface area contributed by atoms with Crippen LogP contribution >= 0.6 is 31.9 Å². The third kappa shape index (κ3) is 2.62. The number of nitrogen functional groups attached to an aromatic ring is 1. The number of halogens is 3. The van der Waals surface area contributed by atoms with Crippen molar-refractivity contribution in [3.8, 4) is 0 Å². The number of nitrogens with two attached hydrogens (primary N) is 1. The van der Waals surface area contributed by atoms with Crippen LogP contribution in [-0.2, 0) is 0 Å². The molecule has 0 saturated heterocycles. The first-order valence-electron chi connectivity index (χ1n) is 4.97. The molecular weight excluding hydrogens is 367 g/mol. The molecule has 0 spiro atoms. The summed E-state index contributed by atoms with van der Waals surface area (Å²) in [6.45, 7) is 1.87. The van der Waals surface area contributed by atoms with Crippen molar-refractivity contribution >= 4 is 49.2 Å². The van der Waals surface area contributed by atoms with E-state index in [1.165, 1.54) is 12.4 Å². The van der Waals surface area contributed by atoms with Gasteiger partial charge in [0.05, 0.1) is 4.47 Å². The van der Waals surface area contributed by atoms with Gasteiger partial charge in [-0.3, -0.25) is 0 Å². The lowest BCUT2D eigenvalue weighted by molar-refractivity contribution is 0.621. The number of aryl methyl sites for hydroxylation is 1. The minimum absolute atomic E-state index is 0.322. The Bertz CT molecular complexity index is 604. The molecule has 1 aromatic carbocycles. The van der Waals surface area contributed by atoms with Gasteiger partial charge in [0.2, 0.25) is 0 Å². The van der Waals surface area contributed by atoms with Crippen molar-refractivity contribution in [2.24, 2.45) is 0 Å². The van der Waals surface area contributed by atoms with Crippen LogP contribution in [-0.4, -0.2) is 9.97 Å². The molecule has 0 radical (unpaired) electrons. The van der Waals surface area contributed by atoms with Crippen molar-refractivity contribution < 1.29 is 4.39 Å². The number of hydrogen-bond acceptors (Lipinski definition) is 4. The first kappa shape index (κ1) is 13.2. The summed E-state index contributed by atoms with van der Waals surface area (Å²) in [5.74, 6) is 0.469. The fourth-order valence-corrected chi connectivity index (χ4v) is 2.14. The molecule has 1 heterocycles. The van der Waals surface area contributed by atoms with Gasteiger partial charge in [0.1, 0.15) is 28.3 Å². The lowest BCUT2D eigenvalue weighted by Crippen LogP contribution is -2.01. The Hall–Kier alpha value is -1.21. The highest BCUT2D eigenvalue weighted by Gasteiger charge is 2.10. The molecule has 0 bridgehead atoms. The Kier molecular flexibility index (Phi) is 3.82. The summed E-state index contributed by atoms with van der Waals surface area (Å²) in [5.41, 5.74) is 7.15. The maximum absolute atomic E-state index is 13.5. The summed E-state index contributed by atoms with van der Waals surface area (Å²) in [4.78, 5) is 7.88. The van der Waals surface area contributed by atoms with Crippen LogP contribution in [0.4, 0.5) is 21.7 Å². The third-order valence-electron chi connectivity index (χ3n) is 2.34. The van der Waals surface area contributed by atoms with Gasteiger partial charge < -0.3 is 11.1 Å². The summed E-state index contributed by atoms with van der Waals surface area (Å²) < 4.78 is 14.5. The van der Waals surface area contributed by atoms with Gasteiger partial charge in [-0.25, -0.2) is 14.4 Å². The molecule has 7 heteroatoms. The van der Waals surface area contributed by atoms with Crippen molar-refractivity contribution in [3.05, 3.63) is 38.8 Å². The highest BCUT2D eigenvalue weighted by Crippen LogP contribution is 2.30. The number of rotatable bonds is 2. The molecule has 1 aromatic heterocycles. The molecule has 18 heavy (non-hydrogen) atoms. The van der Waals surface area contributed by atoms with Gasteiger partial charge in [0, 0.05) is 5.69 Å². The normalized spacial score (nSPS) is 10.4. The molecule has 0 aliphatic rings. The van der Waals surface area contributed by atoms with E-state index in [9.17, 15) is 4.39 Å². The highest BCUT2D eigenvalue weighted by molar-refractivity contribution is 9.11. The molecule has 0 atom stereocenters. The molecule has 0 saturated carbocycles. The van der Waals surface area contributed by atoms with Crippen LogP contribution in [0.1, 0.15) is 5.56 Å². The van der Waals surface area contributed by atoms with Crippen molar-refractivity contribution in [1.29, 1.82) is 0 Å². The van der Waals surface area contributed by atoms with Gasteiger partial charge in [-0.2, -0.15) is 0 Å². The number of nitrogens with one attached hydrogen (secondary N) is 1. The minimum atomic E-state index is -0.346. The summed E-state index contributed by atoms with van der Waals surface area (Å²) >= 11 is 6.41. The Morgan fingerprint density at radius 2 is 2.00 bits per heavy atom. The van der Waals surface area contributed by atoms with Crippen LogP contribution in [0.5, 0.6) is 0 Å². The molecule has 0 fully saturated rings. The van der Waals surface area contributed by atoms with E-state index in [2.05, 4.69) is 47.1 Å². The van der Waals surface area contributed by atoms with Crippen molar-refractivity contribution in [2.75, 3.05) is 11.1 Å². The summed E-state index contributed by atoms with van der Waals surface area (Å²) in [6, 6.07) is 3.08. The van der Waals surface area contributed by atoms with E-state index >= 15 is 0 Å². The van der Waals surface area contributed by atoms with E-state index in [4.69, 9.17) is 5.73 Å². The molecule has 0 aliphatic carbocycles. The molecule has 3 N–H and O–H groups in total. The van der Waals surface area contributed by atoms with Crippen LogP contribution < -0.4 is 11.1 Å². The van der Waals surface area contributed by atoms with E-state index < -0.39 is 0 Å². The average molecular weight is 376 g/mol. The Morgan fingerprint density at radius 1 is 1.28 bits per heavy atom. The van der Waals surface area contributed by atoms with Crippen molar-refractivity contribution in [1.82, 2.24) is 9.97 Å². The van der Waals surface area contributed by atoms with E-state index in [1.54, 1.807) is 6.07 Å². The van der Waals surface area contributed by atoms with E-state index in [1.807, 2.05) is 6.92 Å². The molecule has 94 valence electrons. The van der Waals surface area contributed by atoms with Crippen LogP contribution in [0.2, 0.25) is 0 Å². The topological polar surface area (TPSA) is 63.8 Å². The molecule has 4 nitrogen and oxygen atoms in total. The summed E-state index contributed by atoms with van der Waals surface area (Å²) in [6.07, 6.45) is 1.34. The molecular formula is C11H9Br2FN4. The largest absolute Gasteiger partial charge is 0.383 e. The molecule has 2 rings (SSSR count). The number of nitrogens with zero attached hydrogens (tertiary/aromatic N) is 2. The van der Waals surface area contributed by atoms with Gasteiger partial charge in [-0.1, -0.05) is 0 Å². The fourth-order valence-electron chi connectivity index (χ4n) is 1.38. The smallest absolute Gasteiger partial charge is 0.150 e. The van der Waals surface area contributed by atoms with Crippen LogP contribution in [0.25, 0.3) is 0 Å². The number of aromatic nitrogens is 2. The first-order valence-corrected chi connectivity index (χ1v) is 6.56. The number of anilines is 3. The summed E-state index contributed by atoms with van der Waals surface area (Å²) in [7, 11) is 0. The quantitative estimate of drug-likeness (QED) is 0.838. The number of benzene rings is 1. The van der Waals surface area contributed by atoms with E-state index in [-0.39, 0.29) is 5.82 Å². The van der Waals surface area contributed by atoms with E-state index in [0.717, 1.165) is 5.56 Å². The zero-order valence-corrected chi connectivity index (χ0v) is 12.5. The standard InChI is InChI=1S/C11H9Br2FN4/c1-5-2-6(12)7(14)3-8(5)18-11-9(13)10(15)16-4-17-11/h2-4H,1H3,(H3,15,16,17,18). The SMILES string of the molecule is Cc1cc(Br)c(F)cc1Nc1ncnc(N)c1Br. The lowest BCUT2D eigenvalue weighted by Gasteiger charge is -2.11. The zero-order chi connectivity index (χ0) is 13.3. The molecule has 2 aromatic rings. The maximum Gasteiger partial charge on any atom is 0.150 e. The van der Waals surface area contributed by atoms with Gasteiger partial charge in [-0.05, 0) is 56.5 Å². The van der Waals surface area contributed by atoms with Crippen molar-refractivity contribution in [3.63, 3.8) is 0 Å². The maximum atomic E-state index is 13.5. The number of hydrogen-bond donors (Lipinski definition) is 2. The predicted octanol–water partition coefficient (Wildman–Crippen LogP) is 3.77. The summed E-state index contributed by atoms with van der Waals surface area (Å²) in [5, 5.41) is 3.01. The Morgan fingerprint density at radius 3 is 2.72 bits per heavy atom. The van der Waals surface area contributed by atoms with Gasteiger partial charge >= 0.3 is 0 Å². The van der Waals surface area contributed by atoms with Crippen LogP contribution in [0.3, 0.4) is 0 Å². The van der Waals surface area contributed by atoms with Crippen LogP contribution in [0.15, 0.2) is 27.4 Å². The third-order valence-corrected chi connectivity index (χ3v) is 3.73. The average Bonchev–Trinajstić information content (AvgIpc) is 2.32. The molecule has 0 unspecified atom stereocenters.